The first-order valence-electron chi connectivity index (χ1n) is 6.51. The van der Waals surface area contributed by atoms with Gasteiger partial charge in [-0.1, -0.05) is 12.1 Å². The van der Waals surface area contributed by atoms with Gasteiger partial charge in [-0.2, -0.15) is 0 Å². The van der Waals surface area contributed by atoms with Gasteiger partial charge in [0.1, 0.15) is 6.04 Å². The van der Waals surface area contributed by atoms with Gasteiger partial charge in [-0.25, -0.2) is 0 Å². The number of nitrogens with one attached hydrogen (secondary N) is 1. The molecule has 2 N–H and O–H groups in total. The lowest BCUT2D eigenvalue weighted by atomic mass is 10.1. The third kappa shape index (κ3) is 2.08. The van der Waals surface area contributed by atoms with Crippen LogP contribution in [0.3, 0.4) is 0 Å². The largest absolute Gasteiger partial charge is 0.480 e. The molecule has 0 bridgehead atoms. The third-order valence-corrected chi connectivity index (χ3v) is 3.71. The van der Waals surface area contributed by atoms with Crippen molar-refractivity contribution in [2.75, 3.05) is 6.67 Å². The second-order valence-corrected chi connectivity index (χ2v) is 5.10. The van der Waals surface area contributed by atoms with Crippen molar-refractivity contribution in [1.29, 1.82) is 0 Å². The van der Waals surface area contributed by atoms with Gasteiger partial charge < -0.3 is 5.11 Å². The molecule has 1 unspecified atom stereocenters. The predicted octanol–water partition coefficient (Wildman–Crippen LogP) is 0.693. The van der Waals surface area contributed by atoms with E-state index in [1.807, 2.05) is 0 Å². The van der Waals surface area contributed by atoms with Crippen LogP contribution in [0.1, 0.15) is 33.6 Å². The minimum Gasteiger partial charge on any atom is -0.480 e. The van der Waals surface area contributed by atoms with Crippen molar-refractivity contribution in [3.8, 4) is 0 Å². The standard InChI is InChI=1S/C14H14N2O4/c17-12-9-3-1-2-4-10(9)13(18)16(12)7-15-11(14(19)20)8-5-6-8/h1-4,8,11,15H,5-7H2,(H,19,20). The van der Waals surface area contributed by atoms with Crippen molar-refractivity contribution in [3.05, 3.63) is 35.4 Å². The molecular weight excluding hydrogens is 260 g/mol. The number of hydrogen-bond donors (Lipinski definition) is 2. The molecule has 1 heterocycles. The van der Waals surface area contributed by atoms with Crippen molar-refractivity contribution in [3.63, 3.8) is 0 Å². The van der Waals surface area contributed by atoms with Crippen molar-refractivity contribution < 1.29 is 19.5 Å². The zero-order valence-electron chi connectivity index (χ0n) is 10.7. The average molecular weight is 274 g/mol. The Hall–Kier alpha value is -2.21. The van der Waals surface area contributed by atoms with Gasteiger partial charge in [0.05, 0.1) is 17.8 Å². The lowest BCUT2D eigenvalue weighted by molar-refractivity contribution is -0.140. The molecule has 0 radical (unpaired) electrons. The number of rotatable bonds is 5. The summed E-state index contributed by atoms with van der Waals surface area (Å²) in [5.74, 6) is -1.59. The summed E-state index contributed by atoms with van der Waals surface area (Å²) in [4.78, 5) is 36.4. The van der Waals surface area contributed by atoms with E-state index in [-0.39, 0.29) is 24.4 Å². The first-order chi connectivity index (χ1) is 9.59. The number of aliphatic carboxylic acids is 1. The molecule has 2 aliphatic rings. The molecule has 6 nitrogen and oxygen atoms in total. The zero-order chi connectivity index (χ0) is 14.3. The highest BCUT2D eigenvalue weighted by Gasteiger charge is 2.39. The van der Waals surface area contributed by atoms with Gasteiger partial charge in [-0.15, -0.1) is 0 Å². The zero-order valence-corrected chi connectivity index (χ0v) is 10.7. The van der Waals surface area contributed by atoms with Gasteiger partial charge in [0.25, 0.3) is 11.8 Å². The molecule has 0 spiro atoms. The lowest BCUT2D eigenvalue weighted by Gasteiger charge is -2.19. The van der Waals surface area contributed by atoms with Crippen molar-refractivity contribution >= 4 is 17.8 Å². The smallest absolute Gasteiger partial charge is 0.321 e. The van der Waals surface area contributed by atoms with Crippen LogP contribution in [-0.2, 0) is 4.79 Å². The molecule has 104 valence electrons. The highest BCUT2D eigenvalue weighted by atomic mass is 16.4. The molecule has 1 aliphatic heterocycles. The number of nitrogens with zero attached hydrogens (tertiary/aromatic N) is 1. The van der Waals surface area contributed by atoms with E-state index in [1.54, 1.807) is 24.3 Å². The molecule has 0 aromatic heterocycles. The van der Waals surface area contributed by atoms with Crippen LogP contribution < -0.4 is 5.32 Å². The van der Waals surface area contributed by atoms with E-state index < -0.39 is 12.0 Å². The Morgan fingerprint density at radius 1 is 1.25 bits per heavy atom. The van der Waals surface area contributed by atoms with E-state index in [9.17, 15) is 14.4 Å². The lowest BCUT2D eigenvalue weighted by Crippen LogP contribution is -2.46. The van der Waals surface area contributed by atoms with Crippen LogP contribution in [0.4, 0.5) is 0 Å². The number of carbonyl (C=O) groups is 3. The Morgan fingerprint density at radius 3 is 2.25 bits per heavy atom. The van der Waals surface area contributed by atoms with Gasteiger partial charge in [0.2, 0.25) is 0 Å². The van der Waals surface area contributed by atoms with E-state index in [2.05, 4.69) is 5.32 Å². The maximum Gasteiger partial charge on any atom is 0.321 e. The van der Waals surface area contributed by atoms with Gasteiger partial charge in [-0.3, -0.25) is 24.6 Å². The van der Waals surface area contributed by atoms with Crippen LogP contribution in [0.15, 0.2) is 24.3 Å². The molecule has 6 heteroatoms. The Bertz CT molecular complexity index is 560. The second kappa shape index (κ2) is 4.72. The fourth-order valence-corrected chi connectivity index (χ4v) is 2.46. The normalized spacial score (nSPS) is 19.1. The van der Waals surface area contributed by atoms with E-state index in [4.69, 9.17) is 5.11 Å². The molecule has 1 aromatic rings. The van der Waals surface area contributed by atoms with E-state index >= 15 is 0 Å². The Kier molecular flexibility index (Phi) is 3.02. The molecule has 1 aromatic carbocycles. The highest BCUT2D eigenvalue weighted by Crippen LogP contribution is 2.33. The number of amides is 2. The average Bonchev–Trinajstić information content (AvgIpc) is 3.23. The number of carboxylic acid groups (broad SMARTS) is 1. The topological polar surface area (TPSA) is 86.7 Å². The number of benzene rings is 1. The molecule has 20 heavy (non-hydrogen) atoms. The minimum absolute atomic E-state index is 0.0696. The predicted molar refractivity (Wildman–Crippen MR) is 69.1 cm³/mol. The van der Waals surface area contributed by atoms with Gasteiger partial charge in [0, 0.05) is 0 Å². The fourth-order valence-electron chi connectivity index (χ4n) is 2.46. The number of fused-ring (bicyclic) bond motifs is 1. The summed E-state index contributed by atoms with van der Waals surface area (Å²) in [6.07, 6.45) is 1.73. The summed E-state index contributed by atoms with van der Waals surface area (Å²) in [6, 6.07) is 5.91. The number of imide groups is 1. The molecule has 0 saturated heterocycles. The van der Waals surface area contributed by atoms with Gasteiger partial charge >= 0.3 is 5.97 Å². The van der Waals surface area contributed by atoms with E-state index in [0.717, 1.165) is 17.7 Å². The summed E-state index contributed by atoms with van der Waals surface area (Å²) in [5.41, 5.74) is 0.746. The fraction of sp³-hybridized carbons (Fsp3) is 0.357. The number of hydrogen-bond acceptors (Lipinski definition) is 4. The molecule has 1 fully saturated rings. The van der Waals surface area contributed by atoms with Crippen LogP contribution in [0.2, 0.25) is 0 Å². The molecule has 1 aliphatic carbocycles. The number of carboxylic acids is 1. The van der Waals surface area contributed by atoms with Gasteiger partial charge in [-0.05, 0) is 30.9 Å². The SMILES string of the molecule is O=C(O)C(NCN1C(=O)c2ccccc2C1=O)C1CC1. The summed E-state index contributed by atoms with van der Waals surface area (Å²) in [7, 11) is 0. The van der Waals surface area contributed by atoms with Crippen LogP contribution in [0.5, 0.6) is 0 Å². The Morgan fingerprint density at radius 2 is 1.80 bits per heavy atom. The van der Waals surface area contributed by atoms with Crippen LogP contribution in [0, 0.1) is 5.92 Å². The molecular formula is C14H14N2O4. The maximum absolute atomic E-state index is 12.1. The van der Waals surface area contributed by atoms with Crippen LogP contribution in [-0.4, -0.2) is 40.5 Å². The van der Waals surface area contributed by atoms with E-state index in [0.29, 0.717) is 11.1 Å². The summed E-state index contributed by atoms with van der Waals surface area (Å²) in [5, 5.41) is 11.9. The first kappa shape index (κ1) is 12.8. The molecule has 1 atom stereocenters. The van der Waals surface area contributed by atoms with Crippen LogP contribution in [0.25, 0.3) is 0 Å². The van der Waals surface area contributed by atoms with Crippen molar-refractivity contribution in [2.24, 2.45) is 5.92 Å². The van der Waals surface area contributed by atoms with Crippen LogP contribution >= 0.6 is 0 Å². The van der Waals surface area contributed by atoms with E-state index in [1.165, 1.54) is 0 Å². The first-order valence-corrected chi connectivity index (χ1v) is 6.51. The molecule has 1 saturated carbocycles. The van der Waals surface area contributed by atoms with Gasteiger partial charge in [0.15, 0.2) is 0 Å². The summed E-state index contributed by atoms with van der Waals surface area (Å²) in [6.45, 7) is -0.0696. The van der Waals surface area contributed by atoms with Crippen molar-refractivity contribution in [1.82, 2.24) is 10.2 Å². The second-order valence-electron chi connectivity index (χ2n) is 5.10. The summed E-state index contributed by atoms with van der Waals surface area (Å²) < 4.78 is 0. The summed E-state index contributed by atoms with van der Waals surface area (Å²) >= 11 is 0. The Balaban J connectivity index is 1.72. The maximum atomic E-state index is 12.1. The molecule has 3 rings (SSSR count). The monoisotopic (exact) mass is 274 g/mol. The van der Waals surface area contributed by atoms with Crippen molar-refractivity contribution in [2.45, 2.75) is 18.9 Å². The number of carbonyl (C=O) groups excluding carboxylic acids is 2. The third-order valence-electron chi connectivity index (χ3n) is 3.71. The Labute approximate surface area is 115 Å². The molecule has 2 amide bonds. The minimum atomic E-state index is -0.941. The quantitative estimate of drug-likeness (QED) is 0.772. The highest BCUT2D eigenvalue weighted by molar-refractivity contribution is 6.21.